The molecule has 122 valence electrons. The van der Waals surface area contributed by atoms with Gasteiger partial charge < -0.3 is 15.2 Å². The van der Waals surface area contributed by atoms with E-state index in [4.69, 9.17) is 4.74 Å². The summed E-state index contributed by atoms with van der Waals surface area (Å²) < 4.78 is 5.48. The van der Waals surface area contributed by atoms with Gasteiger partial charge in [-0.15, -0.1) is 0 Å². The Hall–Kier alpha value is -0.160. The highest BCUT2D eigenvalue weighted by Gasteiger charge is 2.37. The van der Waals surface area contributed by atoms with Crippen molar-refractivity contribution in [2.75, 3.05) is 45.9 Å². The summed E-state index contributed by atoms with van der Waals surface area (Å²) in [5.74, 6) is 0. The molecule has 0 bridgehead atoms. The molecule has 0 unspecified atom stereocenters. The second-order valence-corrected chi connectivity index (χ2v) is 7.63. The minimum Gasteiger partial charge on any atom is -0.389 e. The first-order valence-corrected chi connectivity index (χ1v) is 8.93. The lowest BCUT2D eigenvalue weighted by Gasteiger charge is -2.44. The Morgan fingerprint density at radius 1 is 0.905 bits per heavy atom. The first kappa shape index (κ1) is 15.7. The lowest BCUT2D eigenvalue weighted by atomic mass is 9.73. The van der Waals surface area contributed by atoms with Crippen LogP contribution in [-0.4, -0.2) is 61.5 Å². The fourth-order valence-corrected chi connectivity index (χ4v) is 4.25. The van der Waals surface area contributed by atoms with E-state index in [9.17, 15) is 5.11 Å². The zero-order valence-corrected chi connectivity index (χ0v) is 13.4. The maximum Gasteiger partial charge on any atom is 0.0771 e. The van der Waals surface area contributed by atoms with Crippen molar-refractivity contribution >= 4 is 0 Å². The molecule has 0 amide bonds. The highest BCUT2D eigenvalue weighted by atomic mass is 16.5. The van der Waals surface area contributed by atoms with Crippen LogP contribution in [0.3, 0.4) is 0 Å². The van der Waals surface area contributed by atoms with Gasteiger partial charge in [0, 0.05) is 32.7 Å². The molecule has 2 saturated carbocycles. The van der Waals surface area contributed by atoms with Crippen LogP contribution in [0.2, 0.25) is 0 Å². The molecule has 2 aliphatic carbocycles. The van der Waals surface area contributed by atoms with E-state index in [1.807, 2.05) is 0 Å². The number of ether oxygens (including phenoxy) is 1. The summed E-state index contributed by atoms with van der Waals surface area (Å²) in [5.41, 5.74) is 0.0323. The fraction of sp³-hybridized carbons (Fsp3) is 1.00. The molecular formula is C17H32N2O2. The van der Waals surface area contributed by atoms with Gasteiger partial charge in [-0.2, -0.15) is 0 Å². The van der Waals surface area contributed by atoms with Crippen molar-refractivity contribution in [3.63, 3.8) is 0 Å². The van der Waals surface area contributed by atoms with Crippen molar-refractivity contribution in [1.82, 2.24) is 10.2 Å². The van der Waals surface area contributed by atoms with Crippen LogP contribution >= 0.6 is 0 Å². The second-order valence-electron chi connectivity index (χ2n) is 7.63. The Morgan fingerprint density at radius 2 is 1.62 bits per heavy atom. The van der Waals surface area contributed by atoms with Gasteiger partial charge in [0.15, 0.2) is 0 Å². The lowest BCUT2D eigenvalue weighted by Crippen LogP contribution is -2.52. The Kier molecular flexibility index (Phi) is 5.20. The maximum atomic E-state index is 10.3. The Labute approximate surface area is 129 Å². The average molecular weight is 296 g/mol. The first-order chi connectivity index (χ1) is 10.2. The number of nitrogens with one attached hydrogen (secondary N) is 1. The van der Waals surface area contributed by atoms with Gasteiger partial charge in [-0.3, -0.25) is 4.90 Å². The monoisotopic (exact) mass is 296 g/mol. The van der Waals surface area contributed by atoms with Crippen molar-refractivity contribution < 1.29 is 9.84 Å². The third kappa shape index (κ3) is 4.19. The molecule has 0 aromatic heterocycles. The molecule has 0 spiro atoms. The molecule has 3 fully saturated rings. The molecule has 3 aliphatic rings. The van der Waals surface area contributed by atoms with E-state index in [1.54, 1.807) is 0 Å². The number of aliphatic hydroxyl groups is 1. The van der Waals surface area contributed by atoms with E-state index >= 15 is 0 Å². The van der Waals surface area contributed by atoms with E-state index in [2.05, 4.69) is 10.2 Å². The maximum absolute atomic E-state index is 10.3. The van der Waals surface area contributed by atoms with Crippen LogP contribution in [0.15, 0.2) is 0 Å². The topological polar surface area (TPSA) is 44.7 Å². The van der Waals surface area contributed by atoms with Crippen LogP contribution in [-0.2, 0) is 4.74 Å². The lowest BCUT2D eigenvalue weighted by molar-refractivity contribution is -0.0359. The minimum atomic E-state index is -0.394. The molecule has 4 heteroatoms. The van der Waals surface area contributed by atoms with Gasteiger partial charge in [0.2, 0.25) is 0 Å². The Balaban J connectivity index is 1.51. The van der Waals surface area contributed by atoms with E-state index < -0.39 is 5.60 Å². The molecular weight excluding hydrogens is 264 g/mol. The largest absolute Gasteiger partial charge is 0.389 e. The van der Waals surface area contributed by atoms with Crippen LogP contribution in [0.4, 0.5) is 0 Å². The van der Waals surface area contributed by atoms with Gasteiger partial charge in [0.1, 0.15) is 0 Å². The predicted octanol–water partition coefficient (Wildman–Crippen LogP) is 1.77. The summed E-state index contributed by atoms with van der Waals surface area (Å²) in [5, 5.41) is 13.9. The van der Waals surface area contributed by atoms with Crippen LogP contribution in [0.5, 0.6) is 0 Å². The molecule has 0 radical (unpaired) electrons. The summed E-state index contributed by atoms with van der Waals surface area (Å²) in [6, 6.07) is 0. The van der Waals surface area contributed by atoms with Gasteiger partial charge in [0.05, 0.1) is 18.8 Å². The molecule has 1 saturated heterocycles. The molecule has 2 N–H and O–H groups in total. The number of rotatable bonds is 6. The van der Waals surface area contributed by atoms with Gasteiger partial charge in [0.25, 0.3) is 0 Å². The molecule has 0 aromatic rings. The molecule has 4 nitrogen and oxygen atoms in total. The number of hydrogen-bond acceptors (Lipinski definition) is 4. The van der Waals surface area contributed by atoms with E-state index in [-0.39, 0.29) is 0 Å². The molecule has 3 rings (SSSR count). The highest BCUT2D eigenvalue weighted by Crippen LogP contribution is 2.37. The highest BCUT2D eigenvalue weighted by molar-refractivity contribution is 4.93. The van der Waals surface area contributed by atoms with Crippen LogP contribution in [0, 0.1) is 5.41 Å². The molecule has 1 aliphatic heterocycles. The summed E-state index contributed by atoms with van der Waals surface area (Å²) in [7, 11) is 0. The molecule has 1 heterocycles. The standard InChI is InChI=1S/C17H32N2O2/c20-17(7-4-8-17)14-18-13-16(5-2-1-3-6-16)15-19-9-11-21-12-10-19/h18,20H,1-15H2. The first-order valence-electron chi connectivity index (χ1n) is 8.93. The van der Waals surface area contributed by atoms with Gasteiger partial charge >= 0.3 is 0 Å². The van der Waals surface area contributed by atoms with E-state index in [1.165, 1.54) is 45.1 Å². The quantitative estimate of drug-likeness (QED) is 0.784. The number of nitrogens with zero attached hydrogens (tertiary/aromatic N) is 1. The van der Waals surface area contributed by atoms with Crippen molar-refractivity contribution in [3.05, 3.63) is 0 Å². The third-order valence-electron chi connectivity index (χ3n) is 5.82. The minimum absolute atomic E-state index is 0.394. The van der Waals surface area contributed by atoms with Gasteiger partial charge in [-0.25, -0.2) is 0 Å². The summed E-state index contributed by atoms with van der Waals surface area (Å²) in [6.45, 7) is 7.04. The number of hydrogen-bond donors (Lipinski definition) is 2. The normalized spacial score (nSPS) is 29.0. The molecule has 0 aromatic carbocycles. The second kappa shape index (κ2) is 6.95. The van der Waals surface area contributed by atoms with Crippen LogP contribution in [0.1, 0.15) is 51.4 Å². The van der Waals surface area contributed by atoms with Crippen LogP contribution in [0.25, 0.3) is 0 Å². The van der Waals surface area contributed by atoms with E-state index in [0.29, 0.717) is 5.41 Å². The van der Waals surface area contributed by atoms with Crippen LogP contribution < -0.4 is 5.32 Å². The third-order valence-corrected chi connectivity index (χ3v) is 5.82. The van der Waals surface area contributed by atoms with Crippen molar-refractivity contribution in [1.29, 1.82) is 0 Å². The summed E-state index contributed by atoms with van der Waals surface area (Å²) in [6.07, 6.45) is 9.98. The van der Waals surface area contributed by atoms with E-state index in [0.717, 1.165) is 52.2 Å². The molecule has 21 heavy (non-hydrogen) atoms. The summed E-state index contributed by atoms with van der Waals surface area (Å²) in [4.78, 5) is 2.59. The number of morpholine rings is 1. The SMILES string of the molecule is OC1(CNCC2(CN3CCOCC3)CCCCC2)CCC1. The predicted molar refractivity (Wildman–Crippen MR) is 84.4 cm³/mol. The Bertz CT molecular complexity index is 319. The zero-order chi connectivity index (χ0) is 14.6. The molecule has 0 atom stereocenters. The van der Waals surface area contributed by atoms with Crippen molar-refractivity contribution in [2.45, 2.75) is 57.0 Å². The average Bonchev–Trinajstić information content (AvgIpc) is 2.47. The summed E-state index contributed by atoms with van der Waals surface area (Å²) >= 11 is 0. The van der Waals surface area contributed by atoms with Gasteiger partial charge in [-0.1, -0.05) is 19.3 Å². The zero-order valence-electron chi connectivity index (χ0n) is 13.4. The fourth-order valence-electron chi connectivity index (χ4n) is 4.25. The van der Waals surface area contributed by atoms with Crippen molar-refractivity contribution in [3.8, 4) is 0 Å². The van der Waals surface area contributed by atoms with Gasteiger partial charge in [-0.05, 0) is 37.5 Å². The van der Waals surface area contributed by atoms with Crippen molar-refractivity contribution in [2.24, 2.45) is 5.41 Å². The smallest absolute Gasteiger partial charge is 0.0771 e. The Morgan fingerprint density at radius 3 is 2.24 bits per heavy atom.